The zero-order valence-corrected chi connectivity index (χ0v) is 34.9. The Kier molecular flexibility index (Phi) is 11.2. The van der Waals surface area contributed by atoms with Crippen molar-refractivity contribution in [2.75, 3.05) is 42.6 Å². The molecule has 0 N–H and O–H groups in total. The lowest BCUT2D eigenvalue weighted by molar-refractivity contribution is -0.156. The van der Waals surface area contributed by atoms with Crippen LogP contribution in [0.1, 0.15) is 79.6 Å². The lowest BCUT2D eigenvalue weighted by Crippen LogP contribution is -2.53. The van der Waals surface area contributed by atoms with Crippen LogP contribution in [0.25, 0.3) is 22.1 Å². The number of esters is 1. The third kappa shape index (κ3) is 8.64. The molecular weight excluding hydrogens is 742 g/mol. The maximum Gasteiger partial charge on any atom is 0.410 e. The first-order valence-corrected chi connectivity index (χ1v) is 20.2. The smallest absolute Gasteiger partial charge is 0.410 e. The first-order chi connectivity index (χ1) is 27.4. The molecule has 1 unspecified atom stereocenters. The number of carbonyl (C=O) groups is 2. The number of anilines is 2. The lowest BCUT2D eigenvalue weighted by atomic mass is 9.90. The number of hydrogen-bond donors (Lipinski definition) is 0. The zero-order chi connectivity index (χ0) is 41.6. The second-order valence-electron chi connectivity index (χ2n) is 17.8. The minimum Gasteiger partial charge on any atom is -0.474 e. The quantitative estimate of drug-likeness (QED) is 0.0872. The summed E-state index contributed by atoms with van der Waals surface area (Å²) in [5.41, 5.74) is 0.0910. The molecule has 2 saturated heterocycles. The Morgan fingerprint density at radius 1 is 0.983 bits per heavy atom. The van der Waals surface area contributed by atoms with E-state index in [0.717, 1.165) is 5.69 Å². The largest absolute Gasteiger partial charge is 0.474 e. The molecule has 7 rings (SSSR count). The van der Waals surface area contributed by atoms with E-state index in [-0.39, 0.29) is 55.9 Å². The van der Waals surface area contributed by atoms with Gasteiger partial charge in [-0.3, -0.25) is 0 Å². The van der Waals surface area contributed by atoms with E-state index >= 15 is 4.39 Å². The molecule has 1 amide bonds. The first-order valence-electron chi connectivity index (χ1n) is 20.2. The van der Waals surface area contributed by atoms with Crippen LogP contribution in [0.4, 0.5) is 20.7 Å². The van der Waals surface area contributed by atoms with Gasteiger partial charge in [-0.15, -0.1) is 6.58 Å². The summed E-state index contributed by atoms with van der Waals surface area (Å²) >= 11 is 0. The number of hydrogen-bond acceptors (Lipinski definition) is 11. The minimum atomic E-state index is -2.09. The number of benzene rings is 2. The van der Waals surface area contributed by atoms with Crippen LogP contribution in [0.5, 0.6) is 0 Å². The summed E-state index contributed by atoms with van der Waals surface area (Å²) in [5, 5.41) is 0.694. The molecular formula is C45H56FN5O7. The number of aromatic nitrogens is 2. The average molecular weight is 798 g/mol. The van der Waals surface area contributed by atoms with Gasteiger partial charge in [-0.2, -0.15) is 0 Å². The molecule has 310 valence electrons. The zero-order valence-electron chi connectivity index (χ0n) is 34.9. The van der Waals surface area contributed by atoms with Gasteiger partial charge in [0.1, 0.15) is 34.4 Å². The molecule has 3 aliphatic heterocycles. The Morgan fingerprint density at radius 3 is 2.43 bits per heavy atom. The number of rotatable bonds is 10. The van der Waals surface area contributed by atoms with Crippen molar-refractivity contribution in [3.63, 3.8) is 0 Å². The van der Waals surface area contributed by atoms with Gasteiger partial charge in [0.05, 0.1) is 19.8 Å². The standard InChI is InChI=1S/C45H56FN5O7/c1-10-23-54-27-45(9,46)41-47-37-31-16-12-14-18-35(31)56-38(37)39(48-41)50-26-30(24-34(50)40(52)57-43(3,4)5)55-36-20-19-29-15-11-13-17-33(29)51(36)32-21-22-49(25-28(32)2)42(53)58-44(6,7)8/h10-18,20,28,30,32,34H,1,19,21-27H2,2-9H3/t28-,30-,32-,34-,45?/m0/s1. The second-order valence-corrected chi connectivity index (χ2v) is 17.8. The van der Waals surface area contributed by atoms with Crippen molar-refractivity contribution in [2.45, 2.75) is 110 Å². The Bertz CT molecular complexity index is 2200. The van der Waals surface area contributed by atoms with Crippen LogP contribution in [-0.4, -0.2) is 89.2 Å². The predicted octanol–water partition coefficient (Wildman–Crippen LogP) is 8.62. The van der Waals surface area contributed by atoms with Crippen molar-refractivity contribution in [1.82, 2.24) is 14.9 Å². The van der Waals surface area contributed by atoms with Crippen molar-refractivity contribution in [2.24, 2.45) is 5.92 Å². The highest BCUT2D eigenvalue weighted by molar-refractivity contribution is 6.06. The van der Waals surface area contributed by atoms with Crippen LogP contribution in [0, 0.1) is 5.92 Å². The number of amides is 1. The van der Waals surface area contributed by atoms with Crippen LogP contribution in [0.15, 0.2) is 77.6 Å². The number of piperidine rings is 1. The number of likely N-dealkylation sites (tertiary alicyclic amines) is 1. The molecule has 4 aromatic rings. The van der Waals surface area contributed by atoms with Gasteiger partial charge in [0.25, 0.3) is 0 Å². The number of furan rings is 1. The molecule has 0 bridgehead atoms. The molecule has 0 spiro atoms. The van der Waals surface area contributed by atoms with Crippen molar-refractivity contribution in [1.29, 1.82) is 0 Å². The van der Waals surface area contributed by atoms with Crippen molar-refractivity contribution >= 4 is 45.6 Å². The van der Waals surface area contributed by atoms with Gasteiger partial charge in [0, 0.05) is 36.6 Å². The van der Waals surface area contributed by atoms with Crippen LogP contribution < -0.4 is 9.80 Å². The number of allylic oxidation sites excluding steroid dienone is 1. The highest BCUT2D eigenvalue weighted by Gasteiger charge is 2.45. The topological polar surface area (TPSA) is 120 Å². The molecule has 0 saturated carbocycles. The van der Waals surface area contributed by atoms with E-state index in [1.54, 1.807) is 11.0 Å². The van der Waals surface area contributed by atoms with Crippen molar-refractivity contribution < 1.29 is 37.3 Å². The summed E-state index contributed by atoms with van der Waals surface area (Å²) in [5.74, 6) is 0.476. The predicted molar refractivity (Wildman–Crippen MR) is 221 cm³/mol. The summed E-state index contributed by atoms with van der Waals surface area (Å²) in [7, 11) is 0. The molecule has 12 nitrogen and oxygen atoms in total. The van der Waals surface area contributed by atoms with E-state index in [9.17, 15) is 9.59 Å². The third-order valence-electron chi connectivity index (χ3n) is 10.6. The van der Waals surface area contributed by atoms with E-state index in [1.807, 2.05) is 82.8 Å². The molecule has 3 aliphatic rings. The number of ether oxygens (including phenoxy) is 4. The molecule has 13 heteroatoms. The van der Waals surface area contributed by atoms with E-state index in [2.05, 4.69) is 36.6 Å². The Balaban J connectivity index is 1.24. The second kappa shape index (κ2) is 15.9. The van der Waals surface area contributed by atoms with Gasteiger partial charge in [-0.1, -0.05) is 43.3 Å². The van der Waals surface area contributed by atoms with Crippen molar-refractivity contribution in [3.05, 3.63) is 84.5 Å². The van der Waals surface area contributed by atoms with Crippen molar-refractivity contribution in [3.8, 4) is 0 Å². The van der Waals surface area contributed by atoms with Gasteiger partial charge in [0.2, 0.25) is 0 Å². The number of carbonyl (C=O) groups excluding carboxylic acids is 2. The van der Waals surface area contributed by atoms with Gasteiger partial charge in [-0.05, 0) is 97.1 Å². The fraction of sp³-hybridized carbons (Fsp3) is 0.511. The van der Waals surface area contributed by atoms with Crippen LogP contribution in [0.3, 0.4) is 0 Å². The van der Waals surface area contributed by atoms with Gasteiger partial charge >= 0.3 is 12.1 Å². The summed E-state index contributed by atoms with van der Waals surface area (Å²) in [6, 6.07) is 14.9. The average Bonchev–Trinajstić information content (AvgIpc) is 3.75. The Hall–Kier alpha value is -5.17. The fourth-order valence-electron chi connectivity index (χ4n) is 8.07. The molecule has 0 radical (unpaired) electrons. The molecule has 2 fully saturated rings. The van der Waals surface area contributed by atoms with Gasteiger partial charge < -0.3 is 38.1 Å². The lowest BCUT2D eigenvalue weighted by Gasteiger charge is -2.46. The Morgan fingerprint density at radius 2 is 1.71 bits per heavy atom. The molecule has 2 aromatic heterocycles. The SMILES string of the molecule is C=CCOCC(C)(F)c1nc(N2C[C@@H](OC3=CCc4ccccc4N3[C@H]3CCN(C(=O)OC(C)(C)C)C[C@@H]3C)C[C@H]2C(=O)OC(C)(C)C)c2oc3ccccc3c2n1. The highest BCUT2D eigenvalue weighted by atomic mass is 19.1. The molecule has 58 heavy (non-hydrogen) atoms. The number of fused-ring (bicyclic) bond motifs is 4. The maximum atomic E-state index is 16.5. The summed E-state index contributed by atoms with van der Waals surface area (Å²) in [4.78, 5) is 42.7. The Labute approximate surface area is 339 Å². The van der Waals surface area contributed by atoms with Gasteiger partial charge in [-0.25, -0.2) is 23.9 Å². The molecule has 5 atom stereocenters. The van der Waals surface area contributed by atoms with E-state index < -0.39 is 35.0 Å². The van der Waals surface area contributed by atoms with Crippen LogP contribution in [-0.2, 0) is 35.8 Å². The number of alkyl halides is 1. The first kappa shape index (κ1) is 41.0. The molecule has 2 aromatic carbocycles. The normalized spacial score (nSPS) is 22.4. The van der Waals surface area contributed by atoms with E-state index in [1.165, 1.54) is 12.5 Å². The molecule has 5 heterocycles. The minimum absolute atomic E-state index is 0.00989. The summed E-state index contributed by atoms with van der Waals surface area (Å²) in [6.07, 6.45) is 4.46. The third-order valence-corrected chi connectivity index (χ3v) is 10.6. The van der Waals surface area contributed by atoms with Crippen LogP contribution >= 0.6 is 0 Å². The van der Waals surface area contributed by atoms with Gasteiger partial charge in [0.15, 0.2) is 28.8 Å². The summed E-state index contributed by atoms with van der Waals surface area (Å²) < 4.78 is 47.2. The molecule has 0 aliphatic carbocycles. The van der Waals surface area contributed by atoms with E-state index in [0.29, 0.717) is 53.9 Å². The fourth-order valence-corrected chi connectivity index (χ4v) is 8.07. The maximum absolute atomic E-state index is 16.5. The highest BCUT2D eigenvalue weighted by Crippen LogP contribution is 2.42. The monoisotopic (exact) mass is 797 g/mol. The number of halogens is 1. The van der Waals surface area contributed by atoms with E-state index in [4.69, 9.17) is 33.3 Å². The van der Waals surface area contributed by atoms with Crippen LogP contribution in [0.2, 0.25) is 0 Å². The number of para-hydroxylation sites is 2. The summed E-state index contributed by atoms with van der Waals surface area (Å²) in [6.45, 7) is 19.4. The number of nitrogens with zero attached hydrogens (tertiary/aromatic N) is 5.